The van der Waals surface area contributed by atoms with Crippen LogP contribution in [-0.4, -0.2) is 17.3 Å². The van der Waals surface area contributed by atoms with E-state index in [1.807, 2.05) is 30.3 Å². The van der Waals surface area contributed by atoms with Crippen LogP contribution in [0, 0.1) is 0 Å². The molecule has 0 spiro atoms. The van der Waals surface area contributed by atoms with Crippen LogP contribution >= 0.6 is 0 Å². The Kier molecular flexibility index (Phi) is 3.02. The number of rotatable bonds is 1. The average molecular weight is 162 g/mol. The molecule has 0 aliphatic carbocycles. The highest BCUT2D eigenvalue weighted by Crippen LogP contribution is 2.01. The Morgan fingerprint density at radius 2 is 2.00 bits per heavy atom. The highest BCUT2D eigenvalue weighted by Gasteiger charge is 1.98. The predicted molar refractivity (Wildman–Crippen MR) is 48.9 cm³/mol. The van der Waals surface area contributed by atoms with Gasteiger partial charge in [0, 0.05) is 11.8 Å². The van der Waals surface area contributed by atoms with Crippen molar-refractivity contribution in [3.05, 3.63) is 35.9 Å². The van der Waals surface area contributed by atoms with Gasteiger partial charge in [0.15, 0.2) is 5.84 Å². The Hall–Kier alpha value is -1.64. The van der Waals surface area contributed by atoms with Crippen LogP contribution < -0.4 is 0 Å². The van der Waals surface area contributed by atoms with Gasteiger partial charge < -0.3 is 5.21 Å². The lowest BCUT2D eigenvalue weighted by molar-refractivity contribution is 0.319. The van der Waals surface area contributed by atoms with E-state index in [0.717, 1.165) is 5.56 Å². The summed E-state index contributed by atoms with van der Waals surface area (Å²) < 4.78 is 0. The zero-order valence-corrected chi connectivity index (χ0v) is 6.81. The molecule has 0 radical (unpaired) electrons. The van der Waals surface area contributed by atoms with Gasteiger partial charge in [-0.05, 0) is 6.92 Å². The standard InChI is InChI=1S/C9H10N2O/c1-2-10-9(11-12)8-6-4-3-5-7-8/h2-7,12H,1H3/b10-2?,11-9-. The first-order valence-corrected chi connectivity index (χ1v) is 3.64. The smallest absolute Gasteiger partial charge is 0.198 e. The van der Waals surface area contributed by atoms with E-state index in [2.05, 4.69) is 10.1 Å². The highest BCUT2D eigenvalue weighted by molar-refractivity contribution is 6.02. The summed E-state index contributed by atoms with van der Waals surface area (Å²) in [6.07, 6.45) is 1.59. The summed E-state index contributed by atoms with van der Waals surface area (Å²) in [6, 6.07) is 9.30. The zero-order chi connectivity index (χ0) is 8.81. The van der Waals surface area contributed by atoms with E-state index in [1.165, 1.54) is 0 Å². The van der Waals surface area contributed by atoms with Gasteiger partial charge in [-0.1, -0.05) is 35.5 Å². The van der Waals surface area contributed by atoms with E-state index in [4.69, 9.17) is 5.21 Å². The third-order valence-corrected chi connectivity index (χ3v) is 1.38. The third kappa shape index (κ3) is 1.92. The van der Waals surface area contributed by atoms with Crippen LogP contribution in [0.5, 0.6) is 0 Å². The first-order valence-electron chi connectivity index (χ1n) is 3.64. The lowest BCUT2D eigenvalue weighted by atomic mass is 10.2. The Bertz CT molecular complexity index is 291. The number of nitrogens with zero attached hydrogens (tertiary/aromatic N) is 2. The average Bonchev–Trinajstić information content (AvgIpc) is 2.15. The van der Waals surface area contributed by atoms with Crippen molar-refractivity contribution >= 4 is 12.1 Å². The minimum atomic E-state index is 0.332. The molecule has 12 heavy (non-hydrogen) atoms. The van der Waals surface area contributed by atoms with E-state index >= 15 is 0 Å². The summed E-state index contributed by atoms with van der Waals surface area (Å²) in [7, 11) is 0. The molecule has 0 atom stereocenters. The number of hydrogen-bond acceptors (Lipinski definition) is 2. The Morgan fingerprint density at radius 1 is 1.33 bits per heavy atom. The molecule has 0 fully saturated rings. The summed E-state index contributed by atoms with van der Waals surface area (Å²) in [5.74, 6) is 0.332. The van der Waals surface area contributed by atoms with Crippen LogP contribution in [0.15, 0.2) is 40.5 Å². The van der Waals surface area contributed by atoms with Crippen molar-refractivity contribution < 1.29 is 5.21 Å². The molecule has 0 heterocycles. The first kappa shape index (κ1) is 8.46. The number of amidine groups is 1. The van der Waals surface area contributed by atoms with Gasteiger partial charge in [-0.15, -0.1) is 0 Å². The van der Waals surface area contributed by atoms with E-state index < -0.39 is 0 Å². The molecule has 0 unspecified atom stereocenters. The zero-order valence-electron chi connectivity index (χ0n) is 6.81. The molecule has 1 aromatic rings. The monoisotopic (exact) mass is 162 g/mol. The maximum Gasteiger partial charge on any atom is 0.198 e. The fourth-order valence-corrected chi connectivity index (χ4v) is 0.868. The summed E-state index contributed by atoms with van der Waals surface area (Å²) in [5.41, 5.74) is 0.804. The topological polar surface area (TPSA) is 45.0 Å². The highest BCUT2D eigenvalue weighted by atomic mass is 16.4. The molecule has 0 saturated carbocycles. The van der Waals surface area contributed by atoms with Gasteiger partial charge in [-0.25, -0.2) is 4.99 Å². The molecule has 1 aromatic carbocycles. The van der Waals surface area contributed by atoms with Crippen LogP contribution in [0.3, 0.4) is 0 Å². The van der Waals surface area contributed by atoms with Gasteiger partial charge in [0.05, 0.1) is 0 Å². The van der Waals surface area contributed by atoms with E-state index in [9.17, 15) is 0 Å². The van der Waals surface area contributed by atoms with Gasteiger partial charge >= 0.3 is 0 Å². The fourth-order valence-electron chi connectivity index (χ4n) is 0.868. The van der Waals surface area contributed by atoms with Crippen molar-refractivity contribution in [2.24, 2.45) is 10.1 Å². The van der Waals surface area contributed by atoms with Crippen molar-refractivity contribution in [1.82, 2.24) is 0 Å². The van der Waals surface area contributed by atoms with Crippen molar-refractivity contribution in [1.29, 1.82) is 0 Å². The van der Waals surface area contributed by atoms with Crippen molar-refractivity contribution in [2.75, 3.05) is 0 Å². The largest absolute Gasteiger partial charge is 0.409 e. The third-order valence-electron chi connectivity index (χ3n) is 1.38. The van der Waals surface area contributed by atoms with Gasteiger partial charge in [0.2, 0.25) is 0 Å². The van der Waals surface area contributed by atoms with Gasteiger partial charge in [0.1, 0.15) is 0 Å². The summed E-state index contributed by atoms with van der Waals surface area (Å²) >= 11 is 0. The number of hydrogen-bond donors (Lipinski definition) is 1. The first-order chi connectivity index (χ1) is 5.88. The van der Waals surface area contributed by atoms with Crippen LogP contribution in [0.25, 0.3) is 0 Å². The summed E-state index contributed by atoms with van der Waals surface area (Å²) in [4.78, 5) is 3.89. The van der Waals surface area contributed by atoms with E-state index in [-0.39, 0.29) is 0 Å². The second-order valence-electron chi connectivity index (χ2n) is 2.18. The number of benzene rings is 1. The van der Waals surface area contributed by atoms with Gasteiger partial charge in [0.25, 0.3) is 0 Å². The number of aliphatic imine (C=N–C) groups is 1. The molecule has 0 saturated heterocycles. The van der Waals surface area contributed by atoms with Crippen LogP contribution in [0.2, 0.25) is 0 Å². The SMILES string of the molecule is CC=N/C(=N\O)c1ccccc1. The van der Waals surface area contributed by atoms with Gasteiger partial charge in [-0.2, -0.15) is 0 Å². The second-order valence-corrected chi connectivity index (χ2v) is 2.18. The van der Waals surface area contributed by atoms with Gasteiger partial charge in [-0.3, -0.25) is 0 Å². The Balaban J connectivity index is 2.97. The second kappa shape index (κ2) is 4.28. The summed E-state index contributed by atoms with van der Waals surface area (Å²) in [5, 5.41) is 11.7. The lowest BCUT2D eigenvalue weighted by Gasteiger charge is -1.95. The molecule has 1 N–H and O–H groups in total. The number of oxime groups is 1. The van der Waals surface area contributed by atoms with Crippen molar-refractivity contribution in [3.8, 4) is 0 Å². The van der Waals surface area contributed by atoms with Crippen LogP contribution in [0.1, 0.15) is 12.5 Å². The van der Waals surface area contributed by atoms with Crippen LogP contribution in [-0.2, 0) is 0 Å². The molecule has 1 rings (SSSR count). The fraction of sp³-hybridized carbons (Fsp3) is 0.111. The molecule has 0 aliphatic heterocycles. The molecule has 62 valence electrons. The molecular formula is C9H10N2O. The molecular weight excluding hydrogens is 152 g/mol. The van der Waals surface area contributed by atoms with Crippen molar-refractivity contribution in [3.63, 3.8) is 0 Å². The lowest BCUT2D eigenvalue weighted by Crippen LogP contribution is -1.96. The summed E-state index contributed by atoms with van der Waals surface area (Å²) in [6.45, 7) is 1.77. The minimum Gasteiger partial charge on any atom is -0.409 e. The van der Waals surface area contributed by atoms with Crippen molar-refractivity contribution in [2.45, 2.75) is 6.92 Å². The van der Waals surface area contributed by atoms with E-state index in [1.54, 1.807) is 13.1 Å². The molecule has 0 bridgehead atoms. The quantitative estimate of drug-likeness (QED) is 0.291. The maximum absolute atomic E-state index is 8.58. The molecule has 3 heteroatoms. The predicted octanol–water partition coefficient (Wildman–Crippen LogP) is 1.91. The Labute approximate surface area is 71.1 Å². The molecule has 0 amide bonds. The normalized spacial score (nSPS) is 12.2. The Morgan fingerprint density at radius 3 is 2.50 bits per heavy atom. The minimum absolute atomic E-state index is 0.332. The van der Waals surface area contributed by atoms with Crippen LogP contribution in [0.4, 0.5) is 0 Å². The molecule has 0 aliphatic rings. The maximum atomic E-state index is 8.58. The molecule has 0 aromatic heterocycles. The molecule has 3 nitrogen and oxygen atoms in total. The van der Waals surface area contributed by atoms with E-state index in [0.29, 0.717) is 5.84 Å².